The molecule has 0 aliphatic heterocycles. The highest BCUT2D eigenvalue weighted by Crippen LogP contribution is 2.38. The topological polar surface area (TPSA) is 0 Å². The van der Waals surface area contributed by atoms with Gasteiger partial charge in [-0.15, -0.1) is 22.9 Å². The van der Waals surface area contributed by atoms with E-state index >= 15 is 0 Å². The molecule has 3 rings (SSSR count). The van der Waals surface area contributed by atoms with Crippen LogP contribution in [-0.2, 0) is 19.3 Å². The first-order valence-electron chi connectivity index (χ1n) is 7.62. The number of hydrogen-bond acceptors (Lipinski definition) is 1. The summed E-state index contributed by atoms with van der Waals surface area (Å²) in [7, 11) is 0. The molecule has 0 saturated carbocycles. The number of fused-ring (bicyclic) bond motifs is 1. The van der Waals surface area contributed by atoms with E-state index < -0.39 is 0 Å². The van der Waals surface area contributed by atoms with Crippen LogP contribution in [0.15, 0.2) is 30.3 Å². The molecule has 1 unspecified atom stereocenters. The first-order chi connectivity index (χ1) is 9.78. The summed E-state index contributed by atoms with van der Waals surface area (Å²) in [5.74, 6) is 0. The monoisotopic (exact) mass is 304 g/mol. The SMILES string of the molecule is CCc1ccc(C(Cl)c2cc3c(s2)CCCCC3)cc1. The van der Waals surface area contributed by atoms with Crippen molar-refractivity contribution < 1.29 is 0 Å². The zero-order valence-corrected chi connectivity index (χ0v) is 13.6. The lowest BCUT2D eigenvalue weighted by Gasteiger charge is -2.08. The van der Waals surface area contributed by atoms with Gasteiger partial charge < -0.3 is 0 Å². The second-order valence-electron chi connectivity index (χ2n) is 5.62. The predicted molar refractivity (Wildman–Crippen MR) is 89.1 cm³/mol. The summed E-state index contributed by atoms with van der Waals surface area (Å²) in [6.07, 6.45) is 7.62. The smallest absolute Gasteiger partial charge is 0.0927 e. The van der Waals surface area contributed by atoms with Gasteiger partial charge in [0.05, 0.1) is 5.38 Å². The number of aryl methyl sites for hydroxylation is 3. The third-order valence-electron chi connectivity index (χ3n) is 4.20. The van der Waals surface area contributed by atoms with E-state index in [9.17, 15) is 0 Å². The maximum Gasteiger partial charge on any atom is 0.0927 e. The van der Waals surface area contributed by atoms with E-state index in [1.54, 1.807) is 10.4 Å². The molecule has 1 atom stereocenters. The molecule has 1 aliphatic rings. The minimum atomic E-state index is 0.0119. The van der Waals surface area contributed by atoms with Crippen LogP contribution in [0.1, 0.15) is 58.0 Å². The normalized spacial score (nSPS) is 16.5. The molecule has 0 N–H and O–H groups in total. The fourth-order valence-corrected chi connectivity index (χ4v) is 4.51. The van der Waals surface area contributed by atoms with Crippen molar-refractivity contribution in [1.82, 2.24) is 0 Å². The maximum absolute atomic E-state index is 6.70. The molecule has 1 aromatic heterocycles. The highest BCUT2D eigenvalue weighted by atomic mass is 35.5. The van der Waals surface area contributed by atoms with Gasteiger partial charge in [-0.05, 0) is 54.9 Å². The van der Waals surface area contributed by atoms with E-state index in [1.807, 2.05) is 11.3 Å². The fraction of sp³-hybridized carbons (Fsp3) is 0.444. The van der Waals surface area contributed by atoms with Crippen molar-refractivity contribution in [3.63, 3.8) is 0 Å². The Hall–Kier alpha value is -0.790. The molecule has 0 radical (unpaired) electrons. The average molecular weight is 305 g/mol. The second kappa shape index (κ2) is 6.32. The number of benzene rings is 1. The van der Waals surface area contributed by atoms with Gasteiger partial charge in [-0.2, -0.15) is 0 Å². The van der Waals surface area contributed by atoms with Crippen molar-refractivity contribution in [3.05, 3.63) is 56.8 Å². The van der Waals surface area contributed by atoms with Crippen molar-refractivity contribution in [2.45, 2.75) is 50.8 Å². The zero-order valence-electron chi connectivity index (χ0n) is 12.0. The Morgan fingerprint density at radius 1 is 1.10 bits per heavy atom. The lowest BCUT2D eigenvalue weighted by molar-refractivity contribution is 0.712. The van der Waals surface area contributed by atoms with Crippen LogP contribution in [0, 0.1) is 0 Å². The summed E-state index contributed by atoms with van der Waals surface area (Å²) in [6.45, 7) is 2.18. The van der Waals surface area contributed by atoms with Crippen LogP contribution in [0.5, 0.6) is 0 Å². The minimum Gasteiger partial charge on any atom is -0.143 e. The van der Waals surface area contributed by atoms with E-state index in [-0.39, 0.29) is 5.38 Å². The van der Waals surface area contributed by atoms with Crippen LogP contribution in [0.3, 0.4) is 0 Å². The van der Waals surface area contributed by atoms with Crippen molar-refractivity contribution >= 4 is 22.9 Å². The van der Waals surface area contributed by atoms with Gasteiger partial charge in [0.1, 0.15) is 0 Å². The highest BCUT2D eigenvalue weighted by Gasteiger charge is 2.18. The van der Waals surface area contributed by atoms with Crippen LogP contribution in [0.25, 0.3) is 0 Å². The van der Waals surface area contributed by atoms with Crippen LogP contribution >= 0.6 is 22.9 Å². The van der Waals surface area contributed by atoms with Gasteiger partial charge in [-0.1, -0.05) is 37.6 Å². The van der Waals surface area contributed by atoms with Gasteiger partial charge in [-0.25, -0.2) is 0 Å². The average Bonchev–Trinajstić information content (AvgIpc) is 2.77. The van der Waals surface area contributed by atoms with Gasteiger partial charge >= 0.3 is 0 Å². The summed E-state index contributed by atoms with van der Waals surface area (Å²) in [4.78, 5) is 2.90. The first kappa shape index (κ1) is 14.2. The third kappa shape index (κ3) is 2.94. The number of rotatable bonds is 3. The molecule has 0 amide bonds. The molecule has 0 saturated heterocycles. The predicted octanol–water partition coefficient (Wildman–Crippen LogP) is 5.91. The lowest BCUT2D eigenvalue weighted by atomic mass is 10.1. The summed E-state index contributed by atoms with van der Waals surface area (Å²) >= 11 is 8.63. The third-order valence-corrected chi connectivity index (χ3v) is 6.11. The molecule has 1 aromatic carbocycles. The number of halogens is 1. The fourth-order valence-electron chi connectivity index (χ4n) is 2.90. The Bertz CT molecular complexity index is 544. The maximum atomic E-state index is 6.70. The first-order valence-corrected chi connectivity index (χ1v) is 8.87. The molecule has 0 nitrogen and oxygen atoms in total. The van der Waals surface area contributed by atoms with Gasteiger partial charge in [0.2, 0.25) is 0 Å². The molecular formula is C18H21ClS. The van der Waals surface area contributed by atoms with E-state index in [1.165, 1.54) is 48.1 Å². The highest BCUT2D eigenvalue weighted by molar-refractivity contribution is 7.12. The zero-order chi connectivity index (χ0) is 13.9. The summed E-state index contributed by atoms with van der Waals surface area (Å²) < 4.78 is 0. The lowest BCUT2D eigenvalue weighted by Crippen LogP contribution is -1.91. The van der Waals surface area contributed by atoms with Crippen molar-refractivity contribution in [2.24, 2.45) is 0 Å². The number of thiophene rings is 1. The Morgan fingerprint density at radius 3 is 2.60 bits per heavy atom. The van der Waals surface area contributed by atoms with Crippen LogP contribution < -0.4 is 0 Å². The van der Waals surface area contributed by atoms with Gasteiger partial charge in [0.25, 0.3) is 0 Å². The Labute approximate surface area is 130 Å². The molecule has 1 heterocycles. The molecule has 2 aromatic rings. The number of hydrogen-bond donors (Lipinski definition) is 0. The molecule has 1 aliphatic carbocycles. The molecule has 20 heavy (non-hydrogen) atoms. The Morgan fingerprint density at radius 2 is 1.85 bits per heavy atom. The molecule has 0 bridgehead atoms. The molecule has 0 spiro atoms. The van der Waals surface area contributed by atoms with E-state index in [0.29, 0.717) is 0 Å². The van der Waals surface area contributed by atoms with Crippen LogP contribution in [0.4, 0.5) is 0 Å². The quantitative estimate of drug-likeness (QED) is 0.488. The number of alkyl halides is 1. The summed E-state index contributed by atoms with van der Waals surface area (Å²) in [5.41, 5.74) is 4.15. The van der Waals surface area contributed by atoms with Gasteiger partial charge in [0.15, 0.2) is 0 Å². The van der Waals surface area contributed by atoms with Crippen molar-refractivity contribution in [3.8, 4) is 0 Å². The molecule has 106 valence electrons. The second-order valence-corrected chi connectivity index (χ2v) is 7.22. The Balaban J connectivity index is 1.84. The van der Waals surface area contributed by atoms with Crippen molar-refractivity contribution in [1.29, 1.82) is 0 Å². The molecular weight excluding hydrogens is 284 g/mol. The van der Waals surface area contributed by atoms with E-state index in [0.717, 1.165) is 6.42 Å². The molecule has 0 fully saturated rings. The van der Waals surface area contributed by atoms with E-state index in [4.69, 9.17) is 11.6 Å². The van der Waals surface area contributed by atoms with Gasteiger partial charge in [0, 0.05) is 9.75 Å². The summed E-state index contributed by atoms with van der Waals surface area (Å²) in [6, 6.07) is 11.1. The largest absolute Gasteiger partial charge is 0.143 e. The molecule has 2 heteroatoms. The minimum absolute atomic E-state index is 0.0119. The van der Waals surface area contributed by atoms with Crippen molar-refractivity contribution in [2.75, 3.05) is 0 Å². The summed E-state index contributed by atoms with van der Waals surface area (Å²) in [5, 5.41) is 0.0119. The Kier molecular flexibility index (Phi) is 4.48. The van der Waals surface area contributed by atoms with E-state index in [2.05, 4.69) is 37.3 Å². The standard InChI is InChI=1S/C18H21ClS/c1-2-13-8-10-14(11-9-13)18(19)17-12-15-6-4-3-5-7-16(15)20-17/h8-12,18H,2-7H2,1H3. The van der Waals surface area contributed by atoms with Gasteiger partial charge in [-0.3, -0.25) is 0 Å². The van der Waals surface area contributed by atoms with Crippen LogP contribution in [-0.4, -0.2) is 0 Å². The van der Waals surface area contributed by atoms with Crippen LogP contribution in [0.2, 0.25) is 0 Å².